The van der Waals surface area contributed by atoms with Crippen LogP contribution in [0.25, 0.3) is 0 Å². The van der Waals surface area contributed by atoms with Gasteiger partial charge in [0.1, 0.15) is 10.7 Å². The summed E-state index contributed by atoms with van der Waals surface area (Å²) in [5.74, 6) is 5.23. The third-order valence-electron chi connectivity index (χ3n) is 1.15. The Labute approximate surface area is 70.8 Å². The lowest BCUT2D eigenvalue weighted by atomic mass is 10.4. The van der Waals surface area contributed by atoms with Gasteiger partial charge in [-0.3, -0.25) is 5.43 Å². The molecule has 12 heavy (non-hydrogen) atoms. The Morgan fingerprint density at radius 3 is 2.42 bits per heavy atom. The summed E-state index contributed by atoms with van der Waals surface area (Å²) in [6.45, 7) is 0. The SMILES string of the molecule is NNc1ncc(C[SH](=O)=O)cn1. The van der Waals surface area contributed by atoms with Crippen molar-refractivity contribution in [1.82, 2.24) is 9.97 Å². The van der Waals surface area contributed by atoms with Crippen LogP contribution in [0.4, 0.5) is 5.95 Å². The molecule has 0 radical (unpaired) electrons. The number of hydrogen-bond acceptors (Lipinski definition) is 6. The molecule has 1 aromatic rings. The van der Waals surface area contributed by atoms with Crippen LogP contribution in [-0.2, 0) is 16.5 Å². The molecule has 7 heteroatoms. The third-order valence-corrected chi connectivity index (χ3v) is 1.77. The maximum Gasteiger partial charge on any atom is 0.237 e. The van der Waals surface area contributed by atoms with Gasteiger partial charge in [-0.05, 0) is 0 Å². The third kappa shape index (κ3) is 2.44. The monoisotopic (exact) mass is 188 g/mol. The van der Waals surface area contributed by atoms with Gasteiger partial charge in [0, 0.05) is 18.0 Å². The fraction of sp³-hybridized carbons (Fsp3) is 0.200. The Morgan fingerprint density at radius 1 is 1.42 bits per heavy atom. The van der Waals surface area contributed by atoms with Gasteiger partial charge in [0.15, 0.2) is 0 Å². The van der Waals surface area contributed by atoms with Crippen molar-refractivity contribution in [2.45, 2.75) is 5.75 Å². The molecule has 1 rings (SSSR count). The van der Waals surface area contributed by atoms with Crippen LogP contribution >= 0.6 is 0 Å². The number of nitrogens with zero attached hydrogens (tertiary/aromatic N) is 2. The molecule has 0 saturated carbocycles. The maximum absolute atomic E-state index is 10.3. The summed E-state index contributed by atoms with van der Waals surface area (Å²) >= 11 is 0. The standard InChI is InChI=1S/C5H8N4O2S/c6-9-5-7-1-4(2-8-5)3-12(10)11/h1-2,12H,3,6H2,(H,7,8,9). The minimum absolute atomic E-state index is 0.0415. The summed E-state index contributed by atoms with van der Waals surface area (Å²) in [5.41, 5.74) is 2.78. The minimum Gasteiger partial charge on any atom is -0.292 e. The number of hydrogen-bond donors (Lipinski definition) is 3. The highest BCUT2D eigenvalue weighted by molar-refractivity contribution is 7.71. The summed E-state index contributed by atoms with van der Waals surface area (Å²) in [6.07, 6.45) is 2.82. The molecule has 6 nitrogen and oxygen atoms in total. The van der Waals surface area contributed by atoms with Crippen LogP contribution in [0, 0.1) is 0 Å². The van der Waals surface area contributed by atoms with Gasteiger partial charge in [-0.2, -0.15) is 0 Å². The van der Waals surface area contributed by atoms with Gasteiger partial charge in [-0.1, -0.05) is 0 Å². The first kappa shape index (κ1) is 8.88. The minimum atomic E-state index is -2.42. The lowest BCUT2D eigenvalue weighted by molar-refractivity contribution is 0.613. The Bertz CT molecular complexity index is 313. The smallest absolute Gasteiger partial charge is 0.237 e. The van der Waals surface area contributed by atoms with Crippen LogP contribution in [-0.4, -0.2) is 18.4 Å². The van der Waals surface area contributed by atoms with Crippen molar-refractivity contribution in [1.29, 1.82) is 0 Å². The van der Waals surface area contributed by atoms with E-state index in [1.54, 1.807) is 0 Å². The Kier molecular flexibility index (Phi) is 2.94. The molecular weight excluding hydrogens is 180 g/mol. The number of rotatable bonds is 3. The number of nitrogens with one attached hydrogen (secondary N) is 1. The normalized spacial score (nSPS) is 10.2. The van der Waals surface area contributed by atoms with Crippen LogP contribution in [0.2, 0.25) is 0 Å². The quantitative estimate of drug-likeness (QED) is 0.315. The van der Waals surface area contributed by atoms with Crippen LogP contribution in [0.1, 0.15) is 5.56 Å². The second-order valence-electron chi connectivity index (χ2n) is 2.05. The van der Waals surface area contributed by atoms with E-state index in [1.165, 1.54) is 12.4 Å². The molecule has 66 valence electrons. The van der Waals surface area contributed by atoms with Gasteiger partial charge in [0.05, 0.1) is 5.75 Å². The highest BCUT2D eigenvalue weighted by atomic mass is 32.2. The van der Waals surface area contributed by atoms with E-state index in [1.807, 2.05) is 0 Å². The first-order chi connectivity index (χ1) is 5.72. The molecule has 0 aliphatic heterocycles. The van der Waals surface area contributed by atoms with Gasteiger partial charge < -0.3 is 0 Å². The molecule has 0 unspecified atom stereocenters. The van der Waals surface area contributed by atoms with Crippen molar-refractivity contribution in [3.8, 4) is 0 Å². The van der Waals surface area contributed by atoms with E-state index >= 15 is 0 Å². The molecule has 1 aromatic heterocycles. The lowest BCUT2D eigenvalue weighted by Gasteiger charge is -1.97. The van der Waals surface area contributed by atoms with Crippen molar-refractivity contribution >= 4 is 16.7 Å². The van der Waals surface area contributed by atoms with E-state index in [0.717, 1.165) is 0 Å². The second kappa shape index (κ2) is 3.98. The van der Waals surface area contributed by atoms with Gasteiger partial charge in [0.25, 0.3) is 0 Å². The first-order valence-corrected chi connectivity index (χ1v) is 4.48. The summed E-state index contributed by atoms with van der Waals surface area (Å²) in [7, 11) is -2.42. The zero-order valence-electron chi connectivity index (χ0n) is 6.10. The number of anilines is 1. The highest BCUT2D eigenvalue weighted by Crippen LogP contribution is 1.99. The Hall–Kier alpha value is -1.21. The fourth-order valence-electron chi connectivity index (χ4n) is 0.660. The molecule has 3 N–H and O–H groups in total. The van der Waals surface area contributed by atoms with Crippen molar-refractivity contribution in [2.75, 3.05) is 5.43 Å². The number of nitrogens with two attached hydrogens (primary N) is 1. The van der Waals surface area contributed by atoms with E-state index in [4.69, 9.17) is 5.84 Å². The number of nitrogen functional groups attached to an aromatic ring is 1. The van der Waals surface area contributed by atoms with E-state index in [-0.39, 0.29) is 11.7 Å². The summed E-state index contributed by atoms with van der Waals surface area (Å²) in [5, 5.41) is 0. The summed E-state index contributed by atoms with van der Waals surface area (Å²) in [6, 6.07) is 0. The fourth-order valence-corrected chi connectivity index (χ4v) is 1.12. The van der Waals surface area contributed by atoms with E-state index < -0.39 is 10.7 Å². The van der Waals surface area contributed by atoms with Crippen molar-refractivity contribution in [2.24, 2.45) is 5.84 Å². The zero-order chi connectivity index (χ0) is 8.97. The number of aromatic nitrogens is 2. The van der Waals surface area contributed by atoms with Crippen LogP contribution in [0.3, 0.4) is 0 Å². The van der Waals surface area contributed by atoms with E-state index in [0.29, 0.717) is 5.56 Å². The molecule has 0 bridgehead atoms. The predicted octanol–water partition coefficient (Wildman–Crippen LogP) is -1.13. The molecule has 1 heterocycles. The molecule has 0 aliphatic rings. The van der Waals surface area contributed by atoms with Gasteiger partial charge in [-0.15, -0.1) is 0 Å². The number of hydrazine groups is 1. The summed E-state index contributed by atoms with van der Waals surface area (Å²) in [4.78, 5) is 7.47. The van der Waals surface area contributed by atoms with Gasteiger partial charge in [-0.25, -0.2) is 24.2 Å². The average Bonchev–Trinajstić information content (AvgIpc) is 2.05. The second-order valence-corrected chi connectivity index (χ2v) is 3.03. The molecule has 0 saturated heterocycles. The topological polar surface area (TPSA) is 98.0 Å². The van der Waals surface area contributed by atoms with Crippen LogP contribution in [0.5, 0.6) is 0 Å². The van der Waals surface area contributed by atoms with Crippen molar-refractivity contribution in [3.63, 3.8) is 0 Å². The van der Waals surface area contributed by atoms with Crippen LogP contribution < -0.4 is 11.3 Å². The maximum atomic E-state index is 10.3. The average molecular weight is 188 g/mol. The van der Waals surface area contributed by atoms with Gasteiger partial charge in [0.2, 0.25) is 5.95 Å². The Morgan fingerprint density at radius 2 is 2.00 bits per heavy atom. The Balaban J connectivity index is 2.77. The first-order valence-electron chi connectivity index (χ1n) is 3.11. The lowest BCUT2D eigenvalue weighted by Crippen LogP contribution is -2.10. The van der Waals surface area contributed by atoms with Gasteiger partial charge >= 0.3 is 0 Å². The predicted molar refractivity (Wildman–Crippen MR) is 43.9 cm³/mol. The molecule has 0 spiro atoms. The molecule has 0 fully saturated rings. The van der Waals surface area contributed by atoms with Crippen molar-refractivity contribution in [3.05, 3.63) is 18.0 Å². The van der Waals surface area contributed by atoms with E-state index in [9.17, 15) is 8.42 Å². The summed E-state index contributed by atoms with van der Waals surface area (Å²) < 4.78 is 20.5. The molecule has 0 amide bonds. The highest BCUT2D eigenvalue weighted by Gasteiger charge is 1.96. The molecule has 0 aliphatic carbocycles. The van der Waals surface area contributed by atoms with Crippen molar-refractivity contribution < 1.29 is 8.42 Å². The molecule has 0 aromatic carbocycles. The molecular formula is C5H8N4O2S. The molecule has 0 atom stereocenters. The van der Waals surface area contributed by atoms with E-state index in [2.05, 4.69) is 15.4 Å². The van der Waals surface area contributed by atoms with Crippen LogP contribution in [0.15, 0.2) is 12.4 Å². The largest absolute Gasteiger partial charge is 0.292 e. The zero-order valence-corrected chi connectivity index (χ0v) is 6.99. The number of thiol groups is 1.